The number of anilines is 1. The normalized spacial score (nSPS) is 21.1. The Hall–Kier alpha value is -3.81. The Balaban J connectivity index is 1.61. The van der Waals surface area contributed by atoms with Crippen LogP contribution in [0, 0.1) is 0 Å². The fourth-order valence-electron chi connectivity index (χ4n) is 5.07. The van der Waals surface area contributed by atoms with Crippen LogP contribution in [-0.4, -0.2) is 48.8 Å². The van der Waals surface area contributed by atoms with Gasteiger partial charge in [0.25, 0.3) is 5.92 Å². The maximum absolute atomic E-state index is 14.1. The van der Waals surface area contributed by atoms with Gasteiger partial charge in [0.15, 0.2) is 13.1 Å². The first-order valence-electron chi connectivity index (χ1n) is 11.3. The average Bonchev–Trinajstić information content (AvgIpc) is 2.78. The van der Waals surface area contributed by atoms with Crippen LogP contribution in [0.5, 0.6) is 0 Å². The Morgan fingerprint density at radius 3 is 2.43 bits per heavy atom. The predicted molar refractivity (Wildman–Crippen MR) is 127 cm³/mol. The Bertz CT molecular complexity index is 1540. The minimum Gasteiger partial charge on any atom is -0.478 e. The summed E-state index contributed by atoms with van der Waals surface area (Å²) in [5, 5.41) is 11.3. The van der Waals surface area contributed by atoms with Crippen LogP contribution in [-0.2, 0) is 0 Å². The first kappa shape index (κ1) is 21.7. The van der Waals surface area contributed by atoms with E-state index in [1.165, 1.54) is 0 Å². The molecule has 2 aromatic carbocycles. The van der Waals surface area contributed by atoms with Crippen LogP contribution in [0.4, 0.5) is 18.9 Å². The number of nitrogens with zero attached hydrogens (tertiary/aromatic N) is 2. The fraction of sp³-hybridized carbons (Fsp3) is 0.259. The summed E-state index contributed by atoms with van der Waals surface area (Å²) >= 11 is 0. The second-order valence-electron chi connectivity index (χ2n) is 9.67. The maximum Gasteiger partial charge on any atom is 0.336 e. The number of benzene rings is 3. The van der Waals surface area contributed by atoms with Gasteiger partial charge in [0.05, 0.1) is 24.7 Å². The molecular weight excluding hydrogens is 457 g/mol. The molecule has 0 amide bonds. The van der Waals surface area contributed by atoms with Crippen LogP contribution in [0.15, 0.2) is 65.1 Å². The third kappa shape index (κ3) is 3.64. The Morgan fingerprint density at radius 1 is 1.00 bits per heavy atom. The lowest BCUT2D eigenvalue weighted by molar-refractivity contribution is -0.0262. The molecule has 0 radical (unpaired) electrons. The molecule has 0 unspecified atom stereocenters. The molecule has 2 aromatic rings. The van der Waals surface area contributed by atoms with Gasteiger partial charge in [-0.1, -0.05) is 18.2 Å². The van der Waals surface area contributed by atoms with Gasteiger partial charge in [-0.2, -0.15) is 0 Å². The first-order chi connectivity index (χ1) is 16.6. The second kappa shape index (κ2) is 7.34. The molecule has 0 atom stereocenters. The van der Waals surface area contributed by atoms with E-state index in [1.54, 1.807) is 54.3 Å². The van der Waals surface area contributed by atoms with Crippen molar-refractivity contribution >= 4 is 22.6 Å². The van der Waals surface area contributed by atoms with E-state index < -0.39 is 17.6 Å². The van der Waals surface area contributed by atoms with Crippen molar-refractivity contribution in [1.29, 1.82) is 0 Å². The SMILES string of the molecule is CC1(F)C[N+](=c2ccc3c(-c4ccccc4C(=O)O)c4ccc(N5CC(F)(F)C5)cc4oc-3c2)C1. The molecular formula is C27H22F3N2O3+. The van der Waals surface area contributed by atoms with Crippen molar-refractivity contribution in [2.24, 2.45) is 0 Å². The highest BCUT2D eigenvalue weighted by molar-refractivity contribution is 6.07. The summed E-state index contributed by atoms with van der Waals surface area (Å²) in [6.07, 6.45) is 0. The van der Waals surface area contributed by atoms with E-state index in [1.807, 2.05) is 22.8 Å². The van der Waals surface area contributed by atoms with Gasteiger partial charge in [0, 0.05) is 34.3 Å². The Labute approximate surface area is 198 Å². The van der Waals surface area contributed by atoms with E-state index in [-0.39, 0.29) is 31.7 Å². The largest absolute Gasteiger partial charge is 0.478 e. The molecule has 35 heavy (non-hydrogen) atoms. The van der Waals surface area contributed by atoms with Gasteiger partial charge >= 0.3 is 5.97 Å². The summed E-state index contributed by atoms with van der Waals surface area (Å²) in [5.74, 6) is -3.26. The second-order valence-corrected chi connectivity index (χ2v) is 9.67. The van der Waals surface area contributed by atoms with Crippen LogP contribution in [0.1, 0.15) is 17.3 Å². The van der Waals surface area contributed by atoms with Crippen molar-refractivity contribution in [3.05, 3.63) is 71.6 Å². The number of rotatable bonds is 3. The highest BCUT2D eigenvalue weighted by Crippen LogP contribution is 2.43. The smallest absolute Gasteiger partial charge is 0.336 e. The monoisotopic (exact) mass is 479 g/mol. The minimum absolute atomic E-state index is 0.146. The summed E-state index contributed by atoms with van der Waals surface area (Å²) in [5.41, 5.74) is 1.89. The van der Waals surface area contributed by atoms with Gasteiger partial charge in [0.1, 0.15) is 11.3 Å². The molecule has 1 aliphatic carbocycles. The van der Waals surface area contributed by atoms with Gasteiger partial charge < -0.3 is 14.4 Å². The number of hydrogen-bond donors (Lipinski definition) is 1. The van der Waals surface area contributed by atoms with E-state index in [0.717, 1.165) is 5.36 Å². The number of halogens is 3. The molecule has 8 heteroatoms. The molecule has 1 N–H and O–H groups in total. The molecule has 0 spiro atoms. The zero-order valence-corrected chi connectivity index (χ0v) is 18.9. The number of carbonyl (C=O) groups is 1. The van der Waals surface area contributed by atoms with Crippen molar-refractivity contribution in [1.82, 2.24) is 4.58 Å². The van der Waals surface area contributed by atoms with Crippen molar-refractivity contribution in [2.75, 3.05) is 31.1 Å². The van der Waals surface area contributed by atoms with Gasteiger partial charge in [0.2, 0.25) is 11.0 Å². The zero-order chi connectivity index (χ0) is 24.5. The predicted octanol–water partition coefficient (Wildman–Crippen LogP) is 4.87. The number of carboxylic acid groups (broad SMARTS) is 1. The van der Waals surface area contributed by atoms with Crippen molar-refractivity contribution < 1.29 is 27.5 Å². The van der Waals surface area contributed by atoms with Crippen LogP contribution in [0.25, 0.3) is 33.4 Å². The van der Waals surface area contributed by atoms with Crippen LogP contribution >= 0.6 is 0 Å². The summed E-state index contributed by atoms with van der Waals surface area (Å²) in [6.45, 7) is 1.39. The van der Waals surface area contributed by atoms with Crippen LogP contribution < -0.4 is 14.8 Å². The Kier molecular flexibility index (Phi) is 4.55. The highest BCUT2D eigenvalue weighted by atomic mass is 19.3. The number of aromatic carboxylic acids is 1. The van der Waals surface area contributed by atoms with Crippen molar-refractivity contribution in [3.8, 4) is 22.5 Å². The number of fused-ring (bicyclic) bond motifs is 2. The van der Waals surface area contributed by atoms with Crippen LogP contribution in [0.3, 0.4) is 0 Å². The number of hydrogen-bond acceptors (Lipinski definition) is 3. The van der Waals surface area contributed by atoms with Gasteiger partial charge in [-0.25, -0.2) is 22.5 Å². The molecule has 2 saturated heterocycles. The standard InChI is InChI=1S/C27H21F3N2O3/c1-26(28)12-31(13-26)16-6-8-20-22(10-16)35-23-11-17(32-14-27(29,30)15-32)7-9-21(23)24(20)18-4-2-3-5-19(18)25(33)34/h2-11H,12-15H2,1H3/p+1. The van der Waals surface area contributed by atoms with E-state index in [4.69, 9.17) is 4.42 Å². The molecule has 4 aliphatic rings. The van der Waals surface area contributed by atoms with Gasteiger partial charge in [-0.15, -0.1) is 0 Å². The highest BCUT2D eigenvalue weighted by Gasteiger charge is 2.45. The van der Waals surface area contributed by atoms with E-state index in [9.17, 15) is 23.1 Å². The lowest BCUT2D eigenvalue weighted by Crippen LogP contribution is -2.58. The van der Waals surface area contributed by atoms with Crippen molar-refractivity contribution in [2.45, 2.75) is 18.5 Å². The molecule has 3 heterocycles. The molecule has 3 aliphatic heterocycles. The molecule has 0 saturated carbocycles. The minimum atomic E-state index is -2.71. The molecule has 178 valence electrons. The maximum atomic E-state index is 14.1. The topological polar surface area (TPSA) is 56.7 Å². The lowest BCUT2D eigenvalue weighted by Gasteiger charge is -2.40. The summed E-state index contributed by atoms with van der Waals surface area (Å²) in [6, 6.07) is 17.6. The number of alkyl halides is 3. The number of carboxylic acids is 1. The molecule has 0 bridgehead atoms. The lowest BCUT2D eigenvalue weighted by atomic mass is 9.90. The van der Waals surface area contributed by atoms with Crippen molar-refractivity contribution in [3.63, 3.8) is 0 Å². The first-order valence-corrected chi connectivity index (χ1v) is 11.3. The Morgan fingerprint density at radius 2 is 1.74 bits per heavy atom. The van der Waals surface area contributed by atoms with Crippen LogP contribution in [0.2, 0.25) is 0 Å². The fourth-order valence-corrected chi connectivity index (χ4v) is 5.07. The van der Waals surface area contributed by atoms with Gasteiger partial charge in [-0.3, -0.25) is 0 Å². The molecule has 0 aromatic heterocycles. The summed E-state index contributed by atoms with van der Waals surface area (Å²) in [7, 11) is 0. The zero-order valence-electron chi connectivity index (χ0n) is 18.9. The quantitative estimate of drug-likeness (QED) is 0.337. The third-order valence-corrected chi connectivity index (χ3v) is 6.73. The van der Waals surface area contributed by atoms with Gasteiger partial charge in [-0.05, 0) is 36.8 Å². The molecule has 6 rings (SSSR count). The summed E-state index contributed by atoms with van der Waals surface area (Å²) < 4.78 is 49.2. The molecule has 5 nitrogen and oxygen atoms in total. The average molecular weight is 479 g/mol. The van der Waals surface area contributed by atoms with E-state index in [0.29, 0.717) is 39.1 Å². The van der Waals surface area contributed by atoms with E-state index in [2.05, 4.69) is 0 Å². The third-order valence-electron chi connectivity index (χ3n) is 6.73. The molecule has 2 fully saturated rings. The summed E-state index contributed by atoms with van der Waals surface area (Å²) in [4.78, 5) is 13.6. The van der Waals surface area contributed by atoms with E-state index >= 15 is 0 Å².